The van der Waals surface area contributed by atoms with E-state index in [1.54, 1.807) is 30.7 Å². The third-order valence-corrected chi connectivity index (χ3v) is 6.54. The molecule has 2 unspecified atom stereocenters. The minimum atomic E-state index is -1.18. The Balaban J connectivity index is 1.32. The lowest BCUT2D eigenvalue weighted by molar-refractivity contribution is 0.0692. The standard InChI is InChI=1S/C26H29ClN6O3/c27-21-11-17(4-5-24(21)36-15-18-3-1-2-7-30-18)26(29)20-12-22(28)25(13-23(20)32-16-33-26)35-9-6-19-14-34-10-8-31-19/h1-5,7,11-13,16,19,31H,6,8-10,14-15,28-29H2,(H,32,33). The van der Waals surface area contributed by atoms with Crippen molar-refractivity contribution < 1.29 is 14.2 Å². The number of nitrogen functional groups attached to an aromatic ring is 1. The first-order valence-electron chi connectivity index (χ1n) is 11.8. The minimum absolute atomic E-state index is 0.278. The summed E-state index contributed by atoms with van der Waals surface area (Å²) in [6, 6.07) is 15.0. The molecule has 3 aromatic rings. The van der Waals surface area contributed by atoms with Crippen LogP contribution in [0.15, 0.2) is 59.7 Å². The van der Waals surface area contributed by atoms with Crippen molar-refractivity contribution in [3.05, 3.63) is 76.6 Å². The van der Waals surface area contributed by atoms with Crippen LogP contribution in [0.25, 0.3) is 0 Å². The Labute approximate surface area is 214 Å². The van der Waals surface area contributed by atoms with Crippen molar-refractivity contribution in [2.75, 3.05) is 37.4 Å². The van der Waals surface area contributed by atoms with Crippen LogP contribution < -0.4 is 31.6 Å². The molecular formula is C26H29ClN6O3. The molecule has 6 N–H and O–H groups in total. The molecule has 0 bridgehead atoms. The van der Waals surface area contributed by atoms with E-state index in [1.165, 1.54) is 0 Å². The molecule has 2 atom stereocenters. The van der Waals surface area contributed by atoms with Gasteiger partial charge in [-0.15, -0.1) is 0 Å². The molecule has 0 radical (unpaired) electrons. The average molecular weight is 509 g/mol. The van der Waals surface area contributed by atoms with Gasteiger partial charge in [0.25, 0.3) is 0 Å². The number of anilines is 2. The maximum Gasteiger partial charge on any atom is 0.163 e. The van der Waals surface area contributed by atoms with E-state index in [0.29, 0.717) is 47.6 Å². The fraction of sp³-hybridized carbons (Fsp3) is 0.308. The lowest BCUT2D eigenvalue weighted by Crippen LogP contribution is -2.42. The largest absolute Gasteiger partial charge is 0.491 e. The summed E-state index contributed by atoms with van der Waals surface area (Å²) in [6.45, 7) is 3.11. The topological polar surface area (TPSA) is 129 Å². The molecule has 188 valence electrons. The van der Waals surface area contributed by atoms with Crippen LogP contribution in [-0.2, 0) is 17.0 Å². The average Bonchev–Trinajstić information content (AvgIpc) is 2.90. The zero-order chi connectivity index (χ0) is 25.0. The first-order valence-corrected chi connectivity index (χ1v) is 12.2. The van der Waals surface area contributed by atoms with Gasteiger partial charge >= 0.3 is 0 Å². The van der Waals surface area contributed by atoms with Crippen molar-refractivity contribution in [2.45, 2.75) is 24.7 Å². The molecule has 9 nitrogen and oxygen atoms in total. The van der Waals surface area contributed by atoms with Gasteiger partial charge in [0, 0.05) is 36.0 Å². The van der Waals surface area contributed by atoms with E-state index >= 15 is 0 Å². The van der Waals surface area contributed by atoms with E-state index in [0.717, 1.165) is 36.5 Å². The number of ether oxygens (including phenoxy) is 3. The second kappa shape index (κ2) is 10.7. The molecule has 0 amide bonds. The molecule has 36 heavy (non-hydrogen) atoms. The Morgan fingerprint density at radius 2 is 2.06 bits per heavy atom. The number of halogens is 1. The number of nitrogens with two attached hydrogens (primary N) is 2. The Bertz CT molecular complexity index is 1240. The van der Waals surface area contributed by atoms with Crippen molar-refractivity contribution in [3.8, 4) is 11.5 Å². The number of hydrogen-bond acceptors (Lipinski definition) is 9. The Morgan fingerprint density at radius 3 is 2.83 bits per heavy atom. The zero-order valence-electron chi connectivity index (χ0n) is 19.7. The molecule has 5 rings (SSSR count). The molecule has 0 spiro atoms. The summed E-state index contributed by atoms with van der Waals surface area (Å²) in [6.07, 6.45) is 4.11. The predicted octanol–water partition coefficient (Wildman–Crippen LogP) is 3.27. The lowest BCUT2D eigenvalue weighted by atomic mass is 9.89. The van der Waals surface area contributed by atoms with Crippen LogP contribution in [0.3, 0.4) is 0 Å². The Hall–Kier alpha value is -3.37. The molecule has 2 aliphatic heterocycles. The van der Waals surface area contributed by atoms with Crippen LogP contribution in [0.4, 0.5) is 11.4 Å². The van der Waals surface area contributed by atoms with Crippen LogP contribution in [0.1, 0.15) is 23.2 Å². The predicted molar refractivity (Wildman–Crippen MR) is 141 cm³/mol. The molecule has 0 saturated carbocycles. The van der Waals surface area contributed by atoms with Gasteiger partial charge in [0.2, 0.25) is 0 Å². The van der Waals surface area contributed by atoms with Crippen LogP contribution in [0.2, 0.25) is 5.02 Å². The molecule has 0 aliphatic carbocycles. The summed E-state index contributed by atoms with van der Waals surface area (Å²) in [5, 5.41) is 7.00. The van der Waals surface area contributed by atoms with E-state index in [2.05, 4.69) is 20.6 Å². The number of nitrogens with one attached hydrogen (secondary N) is 2. The molecule has 1 aromatic heterocycles. The smallest absolute Gasteiger partial charge is 0.163 e. The van der Waals surface area contributed by atoms with Gasteiger partial charge in [-0.1, -0.05) is 23.7 Å². The monoisotopic (exact) mass is 508 g/mol. The number of benzene rings is 2. The number of rotatable bonds is 8. The number of hydrogen-bond donors (Lipinski definition) is 4. The molecule has 2 aliphatic rings. The van der Waals surface area contributed by atoms with Gasteiger partial charge < -0.3 is 30.6 Å². The highest BCUT2D eigenvalue weighted by molar-refractivity contribution is 6.32. The summed E-state index contributed by atoms with van der Waals surface area (Å²) < 4.78 is 17.3. The molecule has 2 aromatic carbocycles. The van der Waals surface area contributed by atoms with Crippen molar-refractivity contribution in [1.29, 1.82) is 0 Å². The van der Waals surface area contributed by atoms with E-state index < -0.39 is 5.66 Å². The number of aliphatic imine (C=N–C) groups is 1. The number of morpholine rings is 1. The van der Waals surface area contributed by atoms with Gasteiger partial charge in [-0.2, -0.15) is 0 Å². The van der Waals surface area contributed by atoms with Gasteiger partial charge in [0.15, 0.2) is 5.66 Å². The van der Waals surface area contributed by atoms with Gasteiger partial charge in [0.1, 0.15) is 18.1 Å². The van der Waals surface area contributed by atoms with E-state index in [-0.39, 0.29) is 6.04 Å². The zero-order valence-corrected chi connectivity index (χ0v) is 20.5. The van der Waals surface area contributed by atoms with E-state index in [4.69, 9.17) is 37.3 Å². The van der Waals surface area contributed by atoms with Crippen molar-refractivity contribution in [2.24, 2.45) is 10.7 Å². The first kappa shape index (κ1) is 24.3. The first-order chi connectivity index (χ1) is 17.5. The summed E-state index contributed by atoms with van der Waals surface area (Å²) in [5.41, 5.74) is 15.5. The van der Waals surface area contributed by atoms with Crippen molar-refractivity contribution in [1.82, 2.24) is 10.3 Å². The number of nitrogens with zero attached hydrogens (tertiary/aromatic N) is 2. The maximum absolute atomic E-state index is 6.83. The minimum Gasteiger partial charge on any atom is -0.491 e. The normalized spacial score (nSPS) is 20.9. The van der Waals surface area contributed by atoms with Gasteiger partial charge in [0.05, 0.1) is 48.3 Å². The summed E-state index contributed by atoms with van der Waals surface area (Å²) >= 11 is 6.55. The fourth-order valence-corrected chi connectivity index (χ4v) is 4.50. The summed E-state index contributed by atoms with van der Waals surface area (Å²) in [5.74, 6) is 1.13. The highest BCUT2D eigenvalue weighted by Crippen LogP contribution is 2.42. The molecular weight excluding hydrogens is 480 g/mol. The Morgan fingerprint density at radius 1 is 1.14 bits per heavy atom. The van der Waals surface area contributed by atoms with Gasteiger partial charge in [-0.3, -0.25) is 10.7 Å². The highest BCUT2D eigenvalue weighted by atomic mass is 35.5. The van der Waals surface area contributed by atoms with Crippen molar-refractivity contribution in [3.63, 3.8) is 0 Å². The third-order valence-electron chi connectivity index (χ3n) is 6.24. The molecule has 10 heteroatoms. The van der Waals surface area contributed by atoms with Crippen molar-refractivity contribution >= 4 is 29.3 Å². The number of aromatic nitrogens is 1. The molecule has 3 heterocycles. The second-order valence-electron chi connectivity index (χ2n) is 8.72. The van der Waals surface area contributed by atoms with Crippen LogP contribution in [0, 0.1) is 0 Å². The Kier molecular flexibility index (Phi) is 7.24. The number of pyridine rings is 1. The van der Waals surface area contributed by atoms with Crippen LogP contribution in [0.5, 0.6) is 11.5 Å². The van der Waals surface area contributed by atoms with Gasteiger partial charge in [-0.25, -0.2) is 4.99 Å². The fourth-order valence-electron chi connectivity index (χ4n) is 4.27. The summed E-state index contributed by atoms with van der Waals surface area (Å²) in [7, 11) is 0. The van der Waals surface area contributed by atoms with Gasteiger partial charge in [-0.05, 0) is 36.8 Å². The summed E-state index contributed by atoms with van der Waals surface area (Å²) in [4.78, 5) is 8.81. The second-order valence-corrected chi connectivity index (χ2v) is 9.13. The van der Waals surface area contributed by atoms with E-state index in [1.807, 2.05) is 30.3 Å². The third kappa shape index (κ3) is 5.24. The molecule has 1 fully saturated rings. The SMILES string of the molecule is Nc1cc2c(cc1OCCC1COCCN1)NC=NC2(N)c1ccc(OCc2ccccn2)c(Cl)c1. The number of fused-ring (bicyclic) bond motifs is 1. The molecule has 1 saturated heterocycles. The van der Waals surface area contributed by atoms with Crippen LogP contribution >= 0.6 is 11.6 Å². The maximum atomic E-state index is 6.83. The van der Waals surface area contributed by atoms with E-state index in [9.17, 15) is 0 Å². The quantitative estimate of drug-likeness (QED) is 0.341. The lowest BCUT2D eigenvalue weighted by Gasteiger charge is -2.32. The van der Waals surface area contributed by atoms with Crippen LogP contribution in [-0.4, -0.2) is 43.7 Å². The highest BCUT2D eigenvalue weighted by Gasteiger charge is 2.35.